The molecule has 2 aliphatic rings. The van der Waals surface area contributed by atoms with Crippen LogP contribution < -0.4 is 5.32 Å². The van der Waals surface area contributed by atoms with Gasteiger partial charge in [-0.05, 0) is 31.6 Å². The third-order valence-corrected chi connectivity index (χ3v) is 3.79. The molecule has 2 unspecified atom stereocenters. The van der Waals surface area contributed by atoms with Gasteiger partial charge in [-0.1, -0.05) is 6.42 Å². The summed E-state index contributed by atoms with van der Waals surface area (Å²) < 4.78 is 0. The van der Waals surface area contributed by atoms with Crippen LogP contribution in [0.4, 0.5) is 5.82 Å². The normalized spacial score (nSPS) is 32.5. The van der Waals surface area contributed by atoms with Gasteiger partial charge in [0.1, 0.15) is 5.82 Å². The number of carbonyl (C=O) groups excluding carboxylic acids is 1. The molecule has 2 fully saturated rings. The van der Waals surface area contributed by atoms with Gasteiger partial charge in [0.2, 0.25) is 5.91 Å². The summed E-state index contributed by atoms with van der Waals surface area (Å²) in [5.74, 6) is 2.56. The molecule has 2 aliphatic carbocycles. The summed E-state index contributed by atoms with van der Waals surface area (Å²) in [5.41, 5.74) is 0.995. The van der Waals surface area contributed by atoms with E-state index in [1.54, 1.807) is 6.20 Å². The third-order valence-electron chi connectivity index (χ3n) is 3.79. The smallest absolute Gasteiger partial charge is 0.229 e. The highest BCUT2D eigenvalue weighted by atomic mass is 16.2. The largest absolute Gasteiger partial charge is 0.311 e. The van der Waals surface area contributed by atoms with Crippen LogP contribution in [0.1, 0.15) is 24.8 Å². The fourth-order valence-corrected chi connectivity index (χ4v) is 2.89. The Kier molecular flexibility index (Phi) is 1.84. The molecule has 0 aliphatic heterocycles. The van der Waals surface area contributed by atoms with Crippen molar-refractivity contribution in [1.29, 1.82) is 0 Å². The number of hydrogen-bond acceptors (Lipinski definition) is 2. The maximum Gasteiger partial charge on any atom is 0.229 e. The average Bonchev–Trinajstić information content (AvgIpc) is 2.60. The second kappa shape index (κ2) is 3.08. The molecule has 0 spiro atoms. The number of aromatic amines is 1. The van der Waals surface area contributed by atoms with E-state index in [2.05, 4.69) is 15.5 Å². The fourth-order valence-electron chi connectivity index (χ4n) is 2.89. The zero-order valence-corrected chi connectivity index (χ0v) is 8.79. The summed E-state index contributed by atoms with van der Waals surface area (Å²) >= 11 is 0. The molecular weight excluding hydrogens is 190 g/mol. The van der Waals surface area contributed by atoms with Crippen molar-refractivity contribution < 1.29 is 4.79 Å². The Morgan fingerprint density at radius 3 is 2.87 bits per heavy atom. The molecule has 15 heavy (non-hydrogen) atoms. The zero-order chi connectivity index (χ0) is 10.4. The molecule has 2 atom stereocenters. The van der Waals surface area contributed by atoms with Crippen molar-refractivity contribution in [2.45, 2.75) is 26.2 Å². The topological polar surface area (TPSA) is 57.8 Å². The number of nitrogens with zero attached hydrogens (tertiary/aromatic N) is 1. The van der Waals surface area contributed by atoms with E-state index in [4.69, 9.17) is 0 Å². The molecule has 4 heteroatoms. The Labute approximate surface area is 88.4 Å². The molecule has 2 saturated carbocycles. The molecule has 1 aromatic heterocycles. The van der Waals surface area contributed by atoms with Crippen LogP contribution in [0, 0.1) is 24.7 Å². The number of aryl methyl sites for hydroxylation is 1. The highest BCUT2D eigenvalue weighted by Gasteiger charge is 2.56. The third kappa shape index (κ3) is 1.35. The van der Waals surface area contributed by atoms with Crippen molar-refractivity contribution in [1.82, 2.24) is 10.2 Å². The summed E-state index contributed by atoms with van der Waals surface area (Å²) in [6.45, 7) is 1.94. The zero-order valence-electron chi connectivity index (χ0n) is 8.79. The van der Waals surface area contributed by atoms with E-state index in [9.17, 15) is 4.79 Å². The van der Waals surface area contributed by atoms with Crippen molar-refractivity contribution >= 4 is 11.7 Å². The predicted octanol–water partition coefficient (Wildman–Crippen LogP) is 1.70. The minimum Gasteiger partial charge on any atom is -0.311 e. The lowest BCUT2D eigenvalue weighted by molar-refractivity contribution is -0.118. The lowest BCUT2D eigenvalue weighted by atomic mass is 10.1. The second-order valence-electron chi connectivity index (χ2n) is 4.70. The van der Waals surface area contributed by atoms with Crippen LogP contribution in [0.2, 0.25) is 0 Å². The van der Waals surface area contributed by atoms with E-state index < -0.39 is 0 Å². The molecule has 1 amide bonds. The molecule has 3 rings (SSSR count). The van der Waals surface area contributed by atoms with Gasteiger partial charge in [-0.25, -0.2) is 0 Å². The molecule has 0 aromatic carbocycles. The van der Waals surface area contributed by atoms with Crippen LogP contribution in [-0.4, -0.2) is 16.1 Å². The molecule has 80 valence electrons. The number of H-pyrrole nitrogens is 1. The van der Waals surface area contributed by atoms with E-state index in [1.807, 2.05) is 6.92 Å². The van der Waals surface area contributed by atoms with Crippen molar-refractivity contribution in [3.8, 4) is 0 Å². The lowest BCUT2D eigenvalue weighted by Gasteiger charge is -2.04. The first-order chi connectivity index (χ1) is 7.27. The quantitative estimate of drug-likeness (QED) is 0.772. The van der Waals surface area contributed by atoms with Crippen molar-refractivity contribution in [3.63, 3.8) is 0 Å². The van der Waals surface area contributed by atoms with Crippen molar-refractivity contribution in [2.24, 2.45) is 17.8 Å². The Morgan fingerprint density at radius 1 is 1.53 bits per heavy atom. The molecule has 0 saturated heterocycles. The van der Waals surface area contributed by atoms with Crippen LogP contribution in [0.3, 0.4) is 0 Å². The molecule has 0 bridgehead atoms. The summed E-state index contributed by atoms with van der Waals surface area (Å²) in [6.07, 6.45) is 5.51. The molecular formula is C11H15N3O. The monoisotopic (exact) mass is 205 g/mol. The Hall–Kier alpha value is -1.32. The summed E-state index contributed by atoms with van der Waals surface area (Å²) in [6, 6.07) is 0. The van der Waals surface area contributed by atoms with Crippen LogP contribution >= 0.6 is 0 Å². The van der Waals surface area contributed by atoms with Crippen molar-refractivity contribution in [2.75, 3.05) is 5.32 Å². The average molecular weight is 205 g/mol. The van der Waals surface area contributed by atoms with E-state index in [1.165, 1.54) is 19.3 Å². The minimum absolute atomic E-state index is 0.178. The van der Waals surface area contributed by atoms with Gasteiger partial charge in [-0.3, -0.25) is 9.89 Å². The van der Waals surface area contributed by atoms with Gasteiger partial charge in [0.05, 0.1) is 6.20 Å². The highest BCUT2D eigenvalue weighted by molar-refractivity contribution is 5.94. The fraction of sp³-hybridized carbons (Fsp3) is 0.636. The van der Waals surface area contributed by atoms with Crippen LogP contribution in [0.25, 0.3) is 0 Å². The van der Waals surface area contributed by atoms with Crippen molar-refractivity contribution in [3.05, 3.63) is 11.8 Å². The molecule has 1 heterocycles. The molecule has 4 nitrogen and oxygen atoms in total. The lowest BCUT2D eigenvalue weighted by Crippen LogP contribution is -2.17. The summed E-state index contributed by atoms with van der Waals surface area (Å²) in [5, 5.41) is 9.61. The number of aromatic nitrogens is 2. The minimum atomic E-state index is 0.178. The van der Waals surface area contributed by atoms with E-state index in [0.717, 1.165) is 11.4 Å². The van der Waals surface area contributed by atoms with E-state index in [-0.39, 0.29) is 11.8 Å². The number of carbonyl (C=O) groups is 1. The SMILES string of the molecule is Cc1cn[nH]c1NC(=O)C1C2CCCC21. The van der Waals surface area contributed by atoms with E-state index >= 15 is 0 Å². The molecule has 2 N–H and O–H groups in total. The first-order valence-electron chi connectivity index (χ1n) is 5.58. The maximum atomic E-state index is 11.9. The predicted molar refractivity (Wildman–Crippen MR) is 56.3 cm³/mol. The van der Waals surface area contributed by atoms with Gasteiger partial charge < -0.3 is 5.32 Å². The van der Waals surface area contributed by atoms with Crippen LogP contribution in [0.15, 0.2) is 6.20 Å². The van der Waals surface area contributed by atoms with E-state index in [0.29, 0.717) is 11.8 Å². The highest BCUT2D eigenvalue weighted by Crippen LogP contribution is 2.57. The second-order valence-corrected chi connectivity index (χ2v) is 4.70. The van der Waals surface area contributed by atoms with Gasteiger partial charge in [0.15, 0.2) is 0 Å². The van der Waals surface area contributed by atoms with Gasteiger partial charge >= 0.3 is 0 Å². The maximum absolute atomic E-state index is 11.9. The van der Waals surface area contributed by atoms with Gasteiger partial charge in [0, 0.05) is 11.5 Å². The number of fused-ring (bicyclic) bond motifs is 1. The number of nitrogens with one attached hydrogen (secondary N) is 2. The van der Waals surface area contributed by atoms with Gasteiger partial charge in [0.25, 0.3) is 0 Å². The van der Waals surface area contributed by atoms with Crippen LogP contribution in [-0.2, 0) is 4.79 Å². The molecule has 1 aromatic rings. The number of amides is 1. The first-order valence-corrected chi connectivity index (χ1v) is 5.58. The Morgan fingerprint density at radius 2 is 2.27 bits per heavy atom. The Balaban J connectivity index is 1.65. The standard InChI is InChI=1S/C11H15N3O/c1-6-5-12-14-10(6)13-11(15)9-7-3-2-4-8(7)9/h5,7-9H,2-4H2,1H3,(H2,12,13,14,15). The summed E-state index contributed by atoms with van der Waals surface area (Å²) in [7, 11) is 0. The number of hydrogen-bond donors (Lipinski definition) is 2. The first kappa shape index (κ1) is 8.95. The Bertz CT molecular complexity index is 388. The number of anilines is 1. The molecule has 0 radical (unpaired) electrons. The summed E-state index contributed by atoms with van der Waals surface area (Å²) in [4.78, 5) is 11.9. The number of rotatable bonds is 2. The van der Waals surface area contributed by atoms with Crippen LogP contribution in [0.5, 0.6) is 0 Å². The van der Waals surface area contributed by atoms with Gasteiger partial charge in [-0.15, -0.1) is 0 Å². The van der Waals surface area contributed by atoms with Gasteiger partial charge in [-0.2, -0.15) is 5.10 Å².